The first-order chi connectivity index (χ1) is 33.9. The molecule has 69 heavy (non-hydrogen) atoms. The number of nitriles is 3. The third-order valence-electron chi connectivity index (χ3n) is 12.7. The van der Waals surface area contributed by atoms with Gasteiger partial charge >= 0.3 is 0 Å². The van der Waals surface area contributed by atoms with E-state index in [2.05, 4.69) is 102 Å². The number of fused-ring (bicyclic) bond motifs is 6. The Bertz CT molecular complexity index is 4200. The van der Waals surface area contributed by atoms with Crippen LogP contribution < -0.4 is 5.73 Å². The van der Waals surface area contributed by atoms with Gasteiger partial charge in [0.05, 0.1) is 51.6 Å². The molecular formula is C60H34N8S. The summed E-state index contributed by atoms with van der Waals surface area (Å²) in [6, 6.07) is 71.1. The van der Waals surface area contributed by atoms with Crippen LogP contribution in [0.4, 0.5) is 5.69 Å². The van der Waals surface area contributed by atoms with Crippen molar-refractivity contribution >= 4 is 59.0 Å². The van der Waals surface area contributed by atoms with Crippen molar-refractivity contribution in [2.45, 2.75) is 0 Å². The summed E-state index contributed by atoms with van der Waals surface area (Å²) in [5.41, 5.74) is 19.6. The van der Waals surface area contributed by atoms with Crippen LogP contribution in [0.5, 0.6) is 0 Å². The van der Waals surface area contributed by atoms with Crippen molar-refractivity contribution in [3.8, 4) is 91.4 Å². The molecule has 0 aliphatic carbocycles. The predicted molar refractivity (Wildman–Crippen MR) is 278 cm³/mol. The first kappa shape index (κ1) is 40.8. The summed E-state index contributed by atoms with van der Waals surface area (Å²) in [7, 11) is 0. The second-order valence-electron chi connectivity index (χ2n) is 16.8. The Morgan fingerprint density at radius 1 is 0.377 bits per heavy atom. The number of para-hydroxylation sites is 1. The van der Waals surface area contributed by atoms with E-state index >= 15 is 0 Å². The molecule has 0 saturated heterocycles. The zero-order valence-electron chi connectivity index (χ0n) is 36.6. The van der Waals surface area contributed by atoms with E-state index in [1.54, 1.807) is 23.5 Å². The Labute approximate surface area is 400 Å². The highest BCUT2D eigenvalue weighted by Gasteiger charge is 2.22. The van der Waals surface area contributed by atoms with Crippen molar-refractivity contribution in [3.63, 3.8) is 0 Å². The lowest BCUT2D eigenvalue weighted by Crippen LogP contribution is -2.05. The van der Waals surface area contributed by atoms with Gasteiger partial charge in [-0.15, -0.1) is 11.3 Å². The molecule has 9 heteroatoms. The van der Waals surface area contributed by atoms with Gasteiger partial charge in [0.25, 0.3) is 0 Å². The predicted octanol–water partition coefficient (Wildman–Crippen LogP) is 14.5. The van der Waals surface area contributed by atoms with Crippen LogP contribution in [0, 0.1) is 34.0 Å². The highest BCUT2D eigenvalue weighted by Crippen LogP contribution is 2.43. The summed E-state index contributed by atoms with van der Waals surface area (Å²) >= 11 is 1.78. The quantitative estimate of drug-likeness (QED) is 0.157. The molecular weight excluding hydrogens is 865 g/mol. The third kappa shape index (κ3) is 7.19. The van der Waals surface area contributed by atoms with E-state index in [9.17, 15) is 15.8 Å². The monoisotopic (exact) mass is 898 g/mol. The van der Waals surface area contributed by atoms with E-state index in [-0.39, 0.29) is 0 Å². The lowest BCUT2D eigenvalue weighted by molar-refractivity contribution is 1.07. The number of hydrogen-bond donors (Lipinski definition) is 1. The van der Waals surface area contributed by atoms with Gasteiger partial charge in [-0.3, -0.25) is 0 Å². The molecule has 0 amide bonds. The standard InChI is InChI=1S/C60H34N8S/c61-33-36-8-5-11-41(26-36)39-18-20-40(21-19-39)58-65-59(48-24-22-44(29-52(48)64)42-12-6-9-37(27-42)34-62)67-60(66-58)49-25-23-45(43-13-7-10-38(28-43)35-63)30-54(49)68-53-16-3-1-14-46(53)50-31-51-47-15-2-4-17-56(47)69-57(51)32-55(50)68/h1-32H,64H2. The first-order valence-corrected chi connectivity index (χ1v) is 23.0. The fourth-order valence-corrected chi connectivity index (χ4v) is 10.5. The van der Waals surface area contributed by atoms with Gasteiger partial charge in [0.2, 0.25) is 0 Å². The number of thiophene rings is 1. The van der Waals surface area contributed by atoms with E-state index < -0.39 is 0 Å². The molecule has 9 aromatic carbocycles. The molecule has 0 spiro atoms. The molecule has 3 aromatic heterocycles. The Morgan fingerprint density at radius 2 is 0.899 bits per heavy atom. The Morgan fingerprint density at radius 3 is 1.55 bits per heavy atom. The molecule has 0 atom stereocenters. The first-order valence-electron chi connectivity index (χ1n) is 22.2. The van der Waals surface area contributed by atoms with Gasteiger partial charge in [0, 0.05) is 53.3 Å². The molecule has 0 fully saturated rings. The molecule has 320 valence electrons. The van der Waals surface area contributed by atoms with E-state index in [0.29, 0.717) is 45.4 Å². The van der Waals surface area contributed by atoms with Crippen molar-refractivity contribution in [2.24, 2.45) is 0 Å². The maximum Gasteiger partial charge on any atom is 0.166 e. The van der Waals surface area contributed by atoms with Crippen LogP contribution in [0.2, 0.25) is 0 Å². The summed E-state index contributed by atoms with van der Waals surface area (Å²) in [6.45, 7) is 0. The summed E-state index contributed by atoms with van der Waals surface area (Å²) in [4.78, 5) is 15.7. The van der Waals surface area contributed by atoms with Crippen molar-refractivity contribution < 1.29 is 0 Å². The third-order valence-corrected chi connectivity index (χ3v) is 13.8. The van der Waals surface area contributed by atoms with E-state index in [1.807, 2.05) is 103 Å². The average Bonchev–Trinajstić information content (AvgIpc) is 3.94. The lowest BCUT2D eigenvalue weighted by Gasteiger charge is -2.17. The molecule has 12 aromatic rings. The smallest absolute Gasteiger partial charge is 0.166 e. The zero-order chi connectivity index (χ0) is 46.6. The van der Waals surface area contributed by atoms with Gasteiger partial charge in [0.1, 0.15) is 0 Å². The minimum Gasteiger partial charge on any atom is -0.398 e. The summed E-state index contributed by atoms with van der Waals surface area (Å²) in [5, 5.41) is 33.8. The van der Waals surface area contributed by atoms with Crippen molar-refractivity contribution in [1.29, 1.82) is 15.8 Å². The van der Waals surface area contributed by atoms with Gasteiger partial charge in [-0.1, -0.05) is 109 Å². The van der Waals surface area contributed by atoms with Gasteiger partial charge < -0.3 is 10.3 Å². The molecule has 0 bridgehead atoms. The van der Waals surface area contributed by atoms with Gasteiger partial charge in [-0.05, 0) is 118 Å². The number of nitrogens with two attached hydrogens (primary N) is 1. The summed E-state index contributed by atoms with van der Waals surface area (Å²) in [5.74, 6) is 1.28. The maximum absolute atomic E-state index is 9.92. The Balaban J connectivity index is 1.11. The molecule has 2 N–H and O–H groups in total. The molecule has 12 rings (SSSR count). The van der Waals surface area contributed by atoms with Crippen LogP contribution >= 0.6 is 11.3 Å². The largest absolute Gasteiger partial charge is 0.398 e. The highest BCUT2D eigenvalue weighted by molar-refractivity contribution is 7.25. The van der Waals surface area contributed by atoms with Gasteiger partial charge in [-0.25, -0.2) is 15.0 Å². The minimum atomic E-state index is 0.390. The number of nitrogens with zero attached hydrogens (tertiary/aromatic N) is 7. The lowest BCUT2D eigenvalue weighted by atomic mass is 9.99. The fraction of sp³-hybridized carbons (Fsp3) is 0. The second kappa shape index (κ2) is 16.6. The Kier molecular flexibility index (Phi) is 9.82. The number of aromatic nitrogens is 4. The summed E-state index contributed by atoms with van der Waals surface area (Å²) in [6.07, 6.45) is 0. The molecule has 0 aliphatic heterocycles. The number of hydrogen-bond acceptors (Lipinski definition) is 8. The number of rotatable bonds is 7. The van der Waals surface area contributed by atoms with E-state index in [0.717, 1.165) is 72.0 Å². The average molecular weight is 899 g/mol. The second-order valence-corrected chi connectivity index (χ2v) is 17.9. The fourth-order valence-electron chi connectivity index (χ4n) is 9.34. The van der Waals surface area contributed by atoms with E-state index in [1.165, 1.54) is 20.2 Å². The molecule has 0 unspecified atom stereocenters. The highest BCUT2D eigenvalue weighted by atomic mass is 32.1. The number of anilines is 1. The van der Waals surface area contributed by atoms with Crippen molar-refractivity contribution in [2.75, 3.05) is 5.73 Å². The van der Waals surface area contributed by atoms with E-state index in [4.69, 9.17) is 20.7 Å². The van der Waals surface area contributed by atoms with Crippen LogP contribution in [-0.2, 0) is 0 Å². The zero-order valence-corrected chi connectivity index (χ0v) is 37.4. The maximum atomic E-state index is 9.92. The molecule has 0 aliphatic rings. The molecule has 3 heterocycles. The number of nitrogen functional groups attached to an aromatic ring is 1. The van der Waals surface area contributed by atoms with Crippen LogP contribution in [0.25, 0.3) is 115 Å². The Hall–Kier alpha value is -9.72. The summed E-state index contributed by atoms with van der Waals surface area (Å²) < 4.78 is 4.72. The van der Waals surface area contributed by atoms with Gasteiger partial charge in [-0.2, -0.15) is 15.8 Å². The van der Waals surface area contributed by atoms with Crippen molar-refractivity contribution in [1.82, 2.24) is 19.5 Å². The minimum absolute atomic E-state index is 0.390. The molecule has 8 nitrogen and oxygen atoms in total. The van der Waals surface area contributed by atoms with Crippen LogP contribution in [0.3, 0.4) is 0 Å². The van der Waals surface area contributed by atoms with Crippen LogP contribution in [-0.4, -0.2) is 19.5 Å². The van der Waals surface area contributed by atoms with Crippen LogP contribution in [0.1, 0.15) is 16.7 Å². The van der Waals surface area contributed by atoms with Crippen molar-refractivity contribution in [3.05, 3.63) is 211 Å². The SMILES string of the molecule is N#Cc1cccc(-c2ccc(-c3nc(-c4ccc(-c5cccc(C#N)c5)cc4N)nc(-c4ccc(-c5cccc(C#N)c5)cc4-n4c5ccccc5c5cc6c(cc54)sc4ccccc46)n3)cc2)c1. The normalized spacial score (nSPS) is 11.2. The van der Waals surface area contributed by atoms with Gasteiger partial charge in [0.15, 0.2) is 17.5 Å². The molecule has 0 saturated carbocycles. The number of benzene rings is 9. The molecule has 0 radical (unpaired) electrons. The topological polar surface area (TPSA) is 141 Å². The van der Waals surface area contributed by atoms with Crippen LogP contribution in [0.15, 0.2) is 194 Å².